The van der Waals surface area contributed by atoms with E-state index in [-0.39, 0.29) is 28.5 Å². The smallest absolute Gasteiger partial charge is 0.287 e. The molecule has 7 heteroatoms. The van der Waals surface area contributed by atoms with E-state index in [0.717, 1.165) is 6.42 Å². The first-order valence-electron chi connectivity index (χ1n) is 6.28. The van der Waals surface area contributed by atoms with Gasteiger partial charge in [-0.05, 0) is 28.4 Å². The van der Waals surface area contributed by atoms with Crippen LogP contribution in [-0.2, 0) is 9.53 Å². The van der Waals surface area contributed by atoms with Crippen molar-refractivity contribution in [3.63, 3.8) is 0 Å². The van der Waals surface area contributed by atoms with Crippen molar-refractivity contribution in [1.82, 2.24) is 0 Å². The highest BCUT2D eigenvalue weighted by Crippen LogP contribution is 2.36. The highest BCUT2D eigenvalue weighted by molar-refractivity contribution is 9.10. The minimum absolute atomic E-state index is 0.00463. The van der Waals surface area contributed by atoms with E-state index in [1.54, 1.807) is 12.1 Å². The Hall–Kier alpha value is -1.47. The number of carbonyl (C=O) groups is 1. The van der Waals surface area contributed by atoms with Gasteiger partial charge in [-0.25, -0.2) is 0 Å². The fraction of sp³-hybridized carbons (Fsp3) is 0.462. The van der Waals surface area contributed by atoms with Crippen molar-refractivity contribution < 1.29 is 19.2 Å². The molecule has 0 N–H and O–H groups in total. The summed E-state index contributed by atoms with van der Waals surface area (Å²) in [6, 6.07) is 4.55. The third kappa shape index (κ3) is 2.99. The lowest BCUT2D eigenvalue weighted by Gasteiger charge is -2.34. The highest BCUT2D eigenvalue weighted by Gasteiger charge is 2.43. The third-order valence-corrected chi connectivity index (χ3v) is 3.77. The van der Waals surface area contributed by atoms with Crippen LogP contribution in [0, 0.1) is 10.1 Å². The molecular weight excluding hydrogens is 330 g/mol. The van der Waals surface area contributed by atoms with Gasteiger partial charge in [0.1, 0.15) is 16.3 Å². The Morgan fingerprint density at radius 3 is 2.85 bits per heavy atom. The van der Waals surface area contributed by atoms with Crippen LogP contribution in [0.25, 0.3) is 0 Å². The Morgan fingerprint density at radius 2 is 2.25 bits per heavy atom. The monoisotopic (exact) mass is 343 g/mol. The van der Waals surface area contributed by atoms with Crippen LogP contribution < -0.4 is 4.74 Å². The molecule has 0 bridgehead atoms. The highest BCUT2D eigenvalue weighted by atomic mass is 79.9. The summed E-state index contributed by atoms with van der Waals surface area (Å²) in [5.41, 5.74) is -0.0702. The molecule has 1 aromatic rings. The molecule has 0 spiro atoms. The molecule has 0 saturated heterocycles. The van der Waals surface area contributed by atoms with Gasteiger partial charge in [0.15, 0.2) is 11.9 Å². The quantitative estimate of drug-likeness (QED) is 0.586. The van der Waals surface area contributed by atoms with Gasteiger partial charge < -0.3 is 9.47 Å². The Labute approximate surface area is 124 Å². The van der Waals surface area contributed by atoms with E-state index in [1.807, 2.05) is 6.92 Å². The SMILES string of the molecule is CCCOC1C(=O)CC1Oc1cccc([N+](=O)[O-])c1Br. The zero-order valence-corrected chi connectivity index (χ0v) is 12.5. The molecule has 1 fully saturated rings. The van der Waals surface area contributed by atoms with Crippen molar-refractivity contribution in [2.24, 2.45) is 0 Å². The van der Waals surface area contributed by atoms with Gasteiger partial charge in [0.25, 0.3) is 5.69 Å². The van der Waals surface area contributed by atoms with E-state index < -0.39 is 11.0 Å². The van der Waals surface area contributed by atoms with E-state index in [9.17, 15) is 14.9 Å². The van der Waals surface area contributed by atoms with E-state index in [1.165, 1.54) is 6.07 Å². The fourth-order valence-electron chi connectivity index (χ4n) is 1.91. The summed E-state index contributed by atoms with van der Waals surface area (Å²) in [5, 5.41) is 10.8. The summed E-state index contributed by atoms with van der Waals surface area (Å²) in [4.78, 5) is 21.8. The minimum Gasteiger partial charge on any atom is -0.485 e. The van der Waals surface area contributed by atoms with Crippen LogP contribution in [0.15, 0.2) is 22.7 Å². The molecular formula is C13H14BrNO5. The minimum atomic E-state index is -0.568. The molecule has 1 saturated carbocycles. The molecule has 2 unspecified atom stereocenters. The number of hydrogen-bond acceptors (Lipinski definition) is 5. The first-order valence-corrected chi connectivity index (χ1v) is 7.07. The second kappa shape index (κ2) is 6.32. The van der Waals surface area contributed by atoms with Gasteiger partial charge in [0, 0.05) is 19.1 Å². The molecule has 0 heterocycles. The topological polar surface area (TPSA) is 78.7 Å². The number of carbonyl (C=O) groups excluding carboxylic acids is 1. The number of ketones is 1. The number of hydrogen-bond donors (Lipinski definition) is 0. The summed E-state index contributed by atoms with van der Waals surface area (Å²) in [5.74, 6) is 0.354. The average molecular weight is 344 g/mol. The second-order valence-electron chi connectivity index (χ2n) is 4.46. The van der Waals surface area contributed by atoms with Crippen LogP contribution in [-0.4, -0.2) is 29.5 Å². The van der Waals surface area contributed by atoms with Crippen LogP contribution >= 0.6 is 15.9 Å². The Balaban J connectivity index is 2.09. The zero-order valence-electron chi connectivity index (χ0n) is 10.9. The Bertz CT molecular complexity index is 533. The van der Waals surface area contributed by atoms with Crippen molar-refractivity contribution in [3.05, 3.63) is 32.8 Å². The maximum absolute atomic E-state index is 11.5. The molecule has 108 valence electrons. The Morgan fingerprint density at radius 1 is 1.50 bits per heavy atom. The number of ether oxygens (including phenoxy) is 2. The van der Waals surface area contributed by atoms with Crippen molar-refractivity contribution in [2.45, 2.75) is 32.0 Å². The Kier molecular flexibility index (Phi) is 4.72. The van der Waals surface area contributed by atoms with Gasteiger partial charge in [0.05, 0.1) is 4.92 Å². The first-order chi connectivity index (χ1) is 9.54. The van der Waals surface area contributed by atoms with Crippen LogP contribution in [0.3, 0.4) is 0 Å². The van der Waals surface area contributed by atoms with Gasteiger partial charge in [-0.15, -0.1) is 0 Å². The summed E-state index contributed by atoms with van der Waals surface area (Å²) >= 11 is 3.16. The molecule has 0 amide bonds. The zero-order chi connectivity index (χ0) is 14.7. The van der Waals surface area contributed by atoms with Gasteiger partial charge in [0.2, 0.25) is 0 Å². The predicted octanol–water partition coefficient (Wildman–Crippen LogP) is 2.87. The maximum Gasteiger partial charge on any atom is 0.287 e. The second-order valence-corrected chi connectivity index (χ2v) is 5.26. The molecule has 0 radical (unpaired) electrons. The average Bonchev–Trinajstić information content (AvgIpc) is 2.40. The van der Waals surface area contributed by atoms with Crippen molar-refractivity contribution in [1.29, 1.82) is 0 Å². The van der Waals surface area contributed by atoms with Crippen LogP contribution in [0.5, 0.6) is 5.75 Å². The first kappa shape index (κ1) is 14.9. The number of benzene rings is 1. The number of nitro benzene ring substituents is 1. The summed E-state index contributed by atoms with van der Waals surface area (Å²) in [7, 11) is 0. The van der Waals surface area contributed by atoms with Gasteiger partial charge >= 0.3 is 0 Å². The van der Waals surface area contributed by atoms with E-state index in [0.29, 0.717) is 12.4 Å². The lowest BCUT2D eigenvalue weighted by molar-refractivity contribution is -0.385. The summed E-state index contributed by atoms with van der Waals surface area (Å²) in [6.07, 6.45) is 0.133. The lowest BCUT2D eigenvalue weighted by atomic mass is 9.90. The van der Waals surface area contributed by atoms with Crippen molar-refractivity contribution in [2.75, 3.05) is 6.61 Å². The van der Waals surface area contributed by atoms with Crippen molar-refractivity contribution >= 4 is 27.4 Å². The molecule has 1 aromatic carbocycles. The molecule has 1 aliphatic rings. The van der Waals surface area contributed by atoms with E-state index in [2.05, 4.69) is 15.9 Å². The number of nitrogens with zero attached hydrogens (tertiary/aromatic N) is 1. The normalized spacial score (nSPS) is 21.4. The van der Waals surface area contributed by atoms with Crippen LogP contribution in [0.4, 0.5) is 5.69 Å². The largest absolute Gasteiger partial charge is 0.485 e. The van der Waals surface area contributed by atoms with Gasteiger partial charge in [-0.2, -0.15) is 0 Å². The van der Waals surface area contributed by atoms with Crippen LogP contribution in [0.2, 0.25) is 0 Å². The van der Waals surface area contributed by atoms with E-state index in [4.69, 9.17) is 9.47 Å². The fourth-order valence-corrected chi connectivity index (χ4v) is 2.41. The number of halogens is 1. The van der Waals surface area contributed by atoms with Crippen LogP contribution in [0.1, 0.15) is 19.8 Å². The maximum atomic E-state index is 11.5. The molecule has 0 aliphatic heterocycles. The summed E-state index contributed by atoms with van der Waals surface area (Å²) in [6.45, 7) is 2.45. The molecule has 6 nitrogen and oxygen atoms in total. The number of rotatable bonds is 6. The lowest BCUT2D eigenvalue weighted by Crippen LogP contribution is -2.52. The molecule has 1 aliphatic carbocycles. The van der Waals surface area contributed by atoms with Gasteiger partial charge in [-0.3, -0.25) is 14.9 Å². The number of nitro groups is 1. The van der Waals surface area contributed by atoms with Crippen molar-refractivity contribution in [3.8, 4) is 5.75 Å². The third-order valence-electron chi connectivity index (χ3n) is 2.98. The molecule has 20 heavy (non-hydrogen) atoms. The predicted molar refractivity (Wildman–Crippen MR) is 74.9 cm³/mol. The van der Waals surface area contributed by atoms with E-state index >= 15 is 0 Å². The standard InChI is InChI=1S/C13H14BrNO5/c1-2-6-19-13-9(16)7-11(13)20-10-5-3-4-8(12(10)14)15(17)18/h3-5,11,13H,2,6-7H2,1H3. The van der Waals surface area contributed by atoms with Gasteiger partial charge in [-0.1, -0.05) is 13.0 Å². The molecule has 0 aromatic heterocycles. The molecule has 2 rings (SSSR count). The number of Topliss-reactive ketones (excluding diaryl/α,β-unsaturated/α-hetero) is 1. The summed E-state index contributed by atoms with van der Waals surface area (Å²) < 4.78 is 11.3. The molecule has 2 atom stereocenters.